The van der Waals surface area contributed by atoms with Crippen molar-refractivity contribution < 1.29 is 9.84 Å². The molecule has 0 fully saturated rings. The quantitative estimate of drug-likeness (QED) is 0.674. The van der Waals surface area contributed by atoms with E-state index in [4.69, 9.17) is 9.84 Å². The molecule has 0 saturated heterocycles. The molecule has 2 nitrogen and oxygen atoms in total. The third-order valence-electron chi connectivity index (χ3n) is 2.84. The lowest BCUT2D eigenvalue weighted by molar-refractivity contribution is 0.305. The molecule has 0 aliphatic heterocycles. The molecule has 0 aliphatic carbocycles. The summed E-state index contributed by atoms with van der Waals surface area (Å²) in [4.78, 5) is 1.19. The highest BCUT2D eigenvalue weighted by Gasteiger charge is 1.99. The predicted molar refractivity (Wildman–Crippen MR) is 87.6 cm³/mol. The van der Waals surface area contributed by atoms with E-state index in [-0.39, 0.29) is 6.61 Å². The highest BCUT2D eigenvalue weighted by molar-refractivity contribution is 7.98. The average molecular weight is 298 g/mol. The number of hydrogen-bond donors (Lipinski definition) is 1. The lowest BCUT2D eigenvalue weighted by Gasteiger charge is -2.05. The largest absolute Gasteiger partial charge is 0.497 e. The molecule has 0 aromatic heterocycles. The van der Waals surface area contributed by atoms with Gasteiger partial charge in [-0.15, -0.1) is 11.8 Å². The number of aliphatic hydroxyl groups excluding tert-OH is 1. The highest BCUT2D eigenvalue weighted by atomic mass is 32.2. The normalized spacial score (nSPS) is 9.81. The summed E-state index contributed by atoms with van der Waals surface area (Å²) in [6.07, 6.45) is 0.517. The van der Waals surface area contributed by atoms with E-state index in [9.17, 15) is 0 Å². The first kappa shape index (κ1) is 15.5. The minimum atomic E-state index is 0.110. The topological polar surface area (TPSA) is 29.5 Å². The van der Waals surface area contributed by atoms with Crippen molar-refractivity contribution in [3.63, 3.8) is 0 Å². The summed E-state index contributed by atoms with van der Waals surface area (Å²) in [5, 5.41) is 8.74. The van der Waals surface area contributed by atoms with E-state index in [0.29, 0.717) is 6.42 Å². The fourth-order valence-corrected chi connectivity index (χ4v) is 2.70. The Bertz CT molecular complexity index is 641. The van der Waals surface area contributed by atoms with Gasteiger partial charge in [0.1, 0.15) is 5.75 Å². The van der Waals surface area contributed by atoms with Gasteiger partial charge in [-0.2, -0.15) is 0 Å². The molecular formula is C18H18O2S. The summed E-state index contributed by atoms with van der Waals surface area (Å²) < 4.78 is 5.23. The number of methoxy groups -OCH3 is 1. The van der Waals surface area contributed by atoms with E-state index in [1.165, 1.54) is 10.5 Å². The third kappa shape index (κ3) is 5.18. The van der Waals surface area contributed by atoms with Crippen LogP contribution in [0.4, 0.5) is 0 Å². The molecule has 21 heavy (non-hydrogen) atoms. The van der Waals surface area contributed by atoms with Crippen molar-refractivity contribution in [1.29, 1.82) is 0 Å². The van der Waals surface area contributed by atoms with Crippen LogP contribution in [0.25, 0.3) is 0 Å². The van der Waals surface area contributed by atoms with Gasteiger partial charge < -0.3 is 9.84 Å². The van der Waals surface area contributed by atoms with Crippen molar-refractivity contribution in [1.82, 2.24) is 0 Å². The van der Waals surface area contributed by atoms with E-state index in [0.717, 1.165) is 17.1 Å². The van der Waals surface area contributed by atoms with Gasteiger partial charge in [-0.25, -0.2) is 0 Å². The SMILES string of the molecule is COc1cccc(SCc2cccc(C#CCCO)c2)c1. The first-order valence-electron chi connectivity index (χ1n) is 6.77. The lowest BCUT2D eigenvalue weighted by Crippen LogP contribution is -1.85. The van der Waals surface area contributed by atoms with Crippen LogP contribution in [0.1, 0.15) is 17.5 Å². The highest BCUT2D eigenvalue weighted by Crippen LogP contribution is 2.26. The molecule has 0 heterocycles. The number of rotatable bonds is 5. The summed E-state index contributed by atoms with van der Waals surface area (Å²) in [6, 6.07) is 16.3. The first-order chi connectivity index (χ1) is 10.3. The Hall–Kier alpha value is -1.89. The molecule has 2 aromatic rings. The smallest absolute Gasteiger partial charge is 0.119 e. The molecule has 0 atom stereocenters. The van der Waals surface area contributed by atoms with Crippen LogP contribution in [0, 0.1) is 11.8 Å². The van der Waals surface area contributed by atoms with Gasteiger partial charge in [0, 0.05) is 22.6 Å². The molecule has 0 aliphatic rings. The molecule has 2 rings (SSSR count). The van der Waals surface area contributed by atoms with Gasteiger partial charge in [0.2, 0.25) is 0 Å². The van der Waals surface area contributed by atoms with Crippen molar-refractivity contribution in [3.05, 3.63) is 59.7 Å². The van der Waals surface area contributed by atoms with Crippen LogP contribution in [0.5, 0.6) is 5.75 Å². The number of ether oxygens (including phenoxy) is 1. The third-order valence-corrected chi connectivity index (χ3v) is 3.91. The summed E-state index contributed by atoms with van der Waals surface area (Å²) in [6.45, 7) is 0.110. The zero-order valence-electron chi connectivity index (χ0n) is 12.0. The minimum Gasteiger partial charge on any atom is -0.497 e. The van der Waals surface area contributed by atoms with Crippen LogP contribution in [-0.2, 0) is 5.75 Å². The van der Waals surface area contributed by atoms with Gasteiger partial charge >= 0.3 is 0 Å². The summed E-state index contributed by atoms with van der Waals surface area (Å²) in [7, 11) is 1.68. The van der Waals surface area contributed by atoms with Crippen LogP contribution in [-0.4, -0.2) is 18.8 Å². The number of benzene rings is 2. The van der Waals surface area contributed by atoms with Gasteiger partial charge in [-0.3, -0.25) is 0 Å². The average Bonchev–Trinajstić information content (AvgIpc) is 2.54. The Morgan fingerprint density at radius 2 is 2.00 bits per heavy atom. The molecule has 0 radical (unpaired) electrons. The molecule has 108 valence electrons. The van der Waals surface area contributed by atoms with Gasteiger partial charge in [0.15, 0.2) is 0 Å². The standard InChI is InChI=1S/C18H18O2S/c1-20-17-9-5-10-18(13-17)21-14-16-8-4-7-15(12-16)6-2-3-11-19/h4-5,7-10,12-13,19H,3,11,14H2,1H3. The molecule has 0 spiro atoms. The molecule has 1 N–H and O–H groups in total. The van der Waals surface area contributed by atoms with Crippen LogP contribution in [0.2, 0.25) is 0 Å². The van der Waals surface area contributed by atoms with Gasteiger partial charge in [-0.1, -0.05) is 30.0 Å². The summed E-state index contributed by atoms with van der Waals surface area (Å²) in [5.41, 5.74) is 2.23. The second-order valence-corrected chi connectivity index (χ2v) is 5.49. The zero-order chi connectivity index (χ0) is 14.9. The van der Waals surface area contributed by atoms with E-state index >= 15 is 0 Å². The van der Waals surface area contributed by atoms with Crippen molar-refractivity contribution in [2.75, 3.05) is 13.7 Å². The maximum absolute atomic E-state index is 8.74. The Balaban J connectivity index is 2.00. The molecule has 0 saturated carbocycles. The van der Waals surface area contributed by atoms with Crippen LogP contribution >= 0.6 is 11.8 Å². The molecular weight excluding hydrogens is 280 g/mol. The van der Waals surface area contributed by atoms with Crippen LogP contribution < -0.4 is 4.74 Å². The molecule has 0 amide bonds. The first-order valence-corrected chi connectivity index (χ1v) is 7.76. The van der Waals surface area contributed by atoms with Gasteiger partial charge in [-0.05, 0) is 35.9 Å². The van der Waals surface area contributed by atoms with Crippen molar-refractivity contribution >= 4 is 11.8 Å². The Labute approximate surface area is 130 Å². The predicted octanol–water partition coefficient (Wildman–Crippen LogP) is 3.72. The Morgan fingerprint density at radius 3 is 2.81 bits per heavy atom. The molecule has 0 unspecified atom stereocenters. The molecule has 3 heteroatoms. The lowest BCUT2D eigenvalue weighted by atomic mass is 10.1. The second kappa shape index (κ2) is 8.41. The summed E-state index contributed by atoms with van der Waals surface area (Å²) >= 11 is 1.77. The van der Waals surface area contributed by atoms with Crippen molar-refractivity contribution in [2.45, 2.75) is 17.1 Å². The van der Waals surface area contributed by atoms with Crippen LogP contribution in [0.3, 0.4) is 0 Å². The van der Waals surface area contributed by atoms with E-state index in [2.05, 4.69) is 30.0 Å². The number of aliphatic hydroxyl groups is 1. The Kier molecular flexibility index (Phi) is 6.21. The zero-order valence-corrected chi connectivity index (χ0v) is 12.8. The number of thioether (sulfide) groups is 1. The summed E-state index contributed by atoms with van der Waals surface area (Å²) in [5.74, 6) is 7.78. The van der Waals surface area contributed by atoms with Gasteiger partial charge in [0.05, 0.1) is 13.7 Å². The van der Waals surface area contributed by atoms with Crippen LogP contribution in [0.15, 0.2) is 53.4 Å². The maximum atomic E-state index is 8.74. The second-order valence-electron chi connectivity index (χ2n) is 4.44. The Morgan fingerprint density at radius 1 is 1.14 bits per heavy atom. The van der Waals surface area contributed by atoms with Crippen molar-refractivity contribution in [3.8, 4) is 17.6 Å². The fourth-order valence-electron chi connectivity index (χ4n) is 1.82. The van der Waals surface area contributed by atoms with Gasteiger partial charge in [0.25, 0.3) is 0 Å². The fraction of sp³-hybridized carbons (Fsp3) is 0.222. The van der Waals surface area contributed by atoms with E-state index in [1.807, 2.05) is 30.3 Å². The number of hydrogen-bond acceptors (Lipinski definition) is 3. The molecule has 0 bridgehead atoms. The van der Waals surface area contributed by atoms with E-state index in [1.54, 1.807) is 18.9 Å². The minimum absolute atomic E-state index is 0.110. The monoisotopic (exact) mass is 298 g/mol. The molecule has 2 aromatic carbocycles. The van der Waals surface area contributed by atoms with E-state index < -0.39 is 0 Å². The maximum Gasteiger partial charge on any atom is 0.119 e. The van der Waals surface area contributed by atoms with Crippen molar-refractivity contribution in [2.24, 2.45) is 0 Å².